The van der Waals surface area contributed by atoms with Gasteiger partial charge in [-0.15, -0.1) is 0 Å². The van der Waals surface area contributed by atoms with Crippen LogP contribution in [0.2, 0.25) is 0 Å². The first-order valence-electron chi connectivity index (χ1n) is 7.51. The van der Waals surface area contributed by atoms with Gasteiger partial charge in [0.05, 0.1) is 13.2 Å². The second-order valence-corrected chi connectivity index (χ2v) is 6.08. The van der Waals surface area contributed by atoms with Gasteiger partial charge in [-0.2, -0.15) is 0 Å². The van der Waals surface area contributed by atoms with Crippen LogP contribution >= 0.6 is 0 Å². The van der Waals surface area contributed by atoms with Crippen molar-refractivity contribution in [1.29, 1.82) is 0 Å². The Morgan fingerprint density at radius 2 is 1.70 bits per heavy atom. The molecule has 1 aromatic carbocycles. The molecule has 0 saturated heterocycles. The third-order valence-electron chi connectivity index (χ3n) is 3.44. The SMILES string of the molecule is CCOc1ccccc1OCCCC(NC)C(C)(C)C. The lowest BCUT2D eigenvalue weighted by atomic mass is 9.84. The van der Waals surface area contributed by atoms with E-state index in [0.29, 0.717) is 12.6 Å². The minimum absolute atomic E-state index is 0.276. The van der Waals surface area contributed by atoms with Crippen LogP contribution in [0.15, 0.2) is 24.3 Å². The van der Waals surface area contributed by atoms with Crippen molar-refractivity contribution in [2.75, 3.05) is 20.3 Å². The summed E-state index contributed by atoms with van der Waals surface area (Å²) in [4.78, 5) is 0. The van der Waals surface area contributed by atoms with Crippen LogP contribution < -0.4 is 14.8 Å². The molecule has 114 valence electrons. The van der Waals surface area contributed by atoms with Crippen molar-refractivity contribution in [3.8, 4) is 11.5 Å². The van der Waals surface area contributed by atoms with Crippen molar-refractivity contribution in [3.05, 3.63) is 24.3 Å². The minimum Gasteiger partial charge on any atom is -0.490 e. The van der Waals surface area contributed by atoms with E-state index < -0.39 is 0 Å². The summed E-state index contributed by atoms with van der Waals surface area (Å²) < 4.78 is 11.4. The first-order valence-corrected chi connectivity index (χ1v) is 7.51. The molecule has 0 radical (unpaired) electrons. The van der Waals surface area contributed by atoms with Gasteiger partial charge in [0, 0.05) is 6.04 Å². The number of ether oxygens (including phenoxy) is 2. The zero-order valence-corrected chi connectivity index (χ0v) is 13.5. The van der Waals surface area contributed by atoms with Crippen molar-refractivity contribution >= 4 is 0 Å². The molecule has 0 aliphatic carbocycles. The molecule has 0 spiro atoms. The van der Waals surface area contributed by atoms with E-state index >= 15 is 0 Å². The quantitative estimate of drug-likeness (QED) is 0.733. The molecule has 1 rings (SSSR count). The Morgan fingerprint density at radius 3 is 2.20 bits per heavy atom. The van der Waals surface area contributed by atoms with E-state index in [1.54, 1.807) is 0 Å². The lowest BCUT2D eigenvalue weighted by Crippen LogP contribution is -2.38. The molecular formula is C17H29NO2. The topological polar surface area (TPSA) is 30.5 Å². The molecule has 0 amide bonds. The van der Waals surface area contributed by atoms with Crippen LogP contribution in [0.1, 0.15) is 40.5 Å². The summed E-state index contributed by atoms with van der Waals surface area (Å²) in [5.74, 6) is 1.67. The van der Waals surface area contributed by atoms with Gasteiger partial charge in [0.15, 0.2) is 11.5 Å². The number of benzene rings is 1. The highest BCUT2D eigenvalue weighted by molar-refractivity contribution is 5.39. The Labute approximate surface area is 123 Å². The molecule has 3 nitrogen and oxygen atoms in total. The molecule has 0 heterocycles. The van der Waals surface area contributed by atoms with Crippen LogP contribution in [0.3, 0.4) is 0 Å². The van der Waals surface area contributed by atoms with Gasteiger partial charge in [-0.05, 0) is 44.4 Å². The van der Waals surface area contributed by atoms with Crippen LogP contribution in [0.25, 0.3) is 0 Å². The van der Waals surface area contributed by atoms with E-state index in [-0.39, 0.29) is 5.41 Å². The maximum Gasteiger partial charge on any atom is 0.161 e. The molecule has 0 fully saturated rings. The van der Waals surface area contributed by atoms with Gasteiger partial charge < -0.3 is 14.8 Å². The fourth-order valence-corrected chi connectivity index (χ4v) is 2.32. The predicted molar refractivity (Wildman–Crippen MR) is 84.6 cm³/mol. The van der Waals surface area contributed by atoms with E-state index in [4.69, 9.17) is 9.47 Å². The number of para-hydroxylation sites is 2. The first-order chi connectivity index (χ1) is 9.49. The summed E-state index contributed by atoms with van der Waals surface area (Å²) in [7, 11) is 2.03. The van der Waals surface area contributed by atoms with E-state index in [1.165, 1.54) is 0 Å². The van der Waals surface area contributed by atoms with Gasteiger partial charge in [0.2, 0.25) is 0 Å². The van der Waals surface area contributed by atoms with Crippen LogP contribution in [-0.2, 0) is 0 Å². The molecule has 1 atom stereocenters. The highest BCUT2D eigenvalue weighted by atomic mass is 16.5. The Kier molecular flexibility index (Phi) is 6.86. The van der Waals surface area contributed by atoms with Crippen molar-refractivity contribution in [2.24, 2.45) is 5.41 Å². The summed E-state index contributed by atoms with van der Waals surface area (Å²) >= 11 is 0. The van der Waals surface area contributed by atoms with Crippen LogP contribution in [0.4, 0.5) is 0 Å². The minimum atomic E-state index is 0.276. The van der Waals surface area contributed by atoms with E-state index in [1.807, 2.05) is 38.2 Å². The van der Waals surface area contributed by atoms with Crippen LogP contribution in [0.5, 0.6) is 11.5 Å². The number of hydrogen-bond acceptors (Lipinski definition) is 3. The lowest BCUT2D eigenvalue weighted by Gasteiger charge is -2.30. The van der Waals surface area contributed by atoms with Crippen molar-refractivity contribution in [1.82, 2.24) is 5.32 Å². The number of hydrogen-bond donors (Lipinski definition) is 1. The monoisotopic (exact) mass is 279 g/mol. The average Bonchev–Trinajstić information content (AvgIpc) is 2.39. The molecule has 0 aliphatic rings. The van der Waals surface area contributed by atoms with Crippen LogP contribution in [0, 0.1) is 5.41 Å². The third-order valence-corrected chi connectivity index (χ3v) is 3.44. The largest absolute Gasteiger partial charge is 0.490 e. The zero-order valence-electron chi connectivity index (χ0n) is 13.5. The normalized spacial score (nSPS) is 13.1. The molecule has 0 bridgehead atoms. The number of rotatable bonds is 8. The standard InChI is InChI=1S/C17H29NO2/c1-6-19-14-10-7-8-11-15(14)20-13-9-12-16(18-5)17(2,3)4/h7-8,10-11,16,18H,6,9,12-13H2,1-5H3. The summed E-state index contributed by atoms with van der Waals surface area (Å²) in [6, 6.07) is 8.36. The van der Waals surface area contributed by atoms with E-state index in [0.717, 1.165) is 30.9 Å². The molecule has 3 heteroatoms. The van der Waals surface area contributed by atoms with Gasteiger partial charge >= 0.3 is 0 Å². The third kappa shape index (κ3) is 5.41. The fraction of sp³-hybridized carbons (Fsp3) is 0.647. The molecule has 1 aromatic rings. The maximum absolute atomic E-state index is 5.84. The molecule has 0 saturated carbocycles. The molecular weight excluding hydrogens is 250 g/mol. The van der Waals surface area contributed by atoms with E-state index in [9.17, 15) is 0 Å². The summed E-state index contributed by atoms with van der Waals surface area (Å²) in [5.41, 5.74) is 0.276. The lowest BCUT2D eigenvalue weighted by molar-refractivity contribution is 0.231. The second-order valence-electron chi connectivity index (χ2n) is 6.08. The van der Waals surface area contributed by atoms with Gasteiger partial charge in [-0.3, -0.25) is 0 Å². The molecule has 20 heavy (non-hydrogen) atoms. The summed E-state index contributed by atoms with van der Waals surface area (Å²) in [6.45, 7) is 10.2. The maximum atomic E-state index is 5.84. The molecule has 1 N–H and O–H groups in total. The first kappa shape index (κ1) is 16.8. The zero-order chi connectivity index (χ0) is 15.0. The van der Waals surface area contributed by atoms with Crippen molar-refractivity contribution in [3.63, 3.8) is 0 Å². The smallest absolute Gasteiger partial charge is 0.161 e. The average molecular weight is 279 g/mol. The number of nitrogens with one attached hydrogen (secondary N) is 1. The Morgan fingerprint density at radius 1 is 1.10 bits per heavy atom. The molecule has 0 aromatic heterocycles. The summed E-state index contributed by atoms with van der Waals surface area (Å²) in [5, 5.41) is 3.39. The predicted octanol–water partition coefficient (Wildman–Crippen LogP) is 3.88. The second kappa shape index (κ2) is 8.15. The van der Waals surface area contributed by atoms with Gasteiger partial charge in [-0.1, -0.05) is 32.9 Å². The summed E-state index contributed by atoms with van der Waals surface area (Å²) in [6.07, 6.45) is 2.14. The Balaban J connectivity index is 2.41. The highest BCUT2D eigenvalue weighted by Crippen LogP contribution is 2.27. The Hall–Kier alpha value is -1.22. The molecule has 0 aliphatic heterocycles. The fourth-order valence-electron chi connectivity index (χ4n) is 2.32. The van der Waals surface area contributed by atoms with Crippen molar-refractivity contribution in [2.45, 2.75) is 46.6 Å². The van der Waals surface area contributed by atoms with Crippen LogP contribution in [-0.4, -0.2) is 26.3 Å². The van der Waals surface area contributed by atoms with Gasteiger partial charge in [-0.25, -0.2) is 0 Å². The van der Waals surface area contributed by atoms with Gasteiger partial charge in [0.25, 0.3) is 0 Å². The van der Waals surface area contributed by atoms with Gasteiger partial charge in [0.1, 0.15) is 0 Å². The van der Waals surface area contributed by atoms with Crippen molar-refractivity contribution < 1.29 is 9.47 Å². The Bertz CT molecular complexity index is 385. The van der Waals surface area contributed by atoms with E-state index in [2.05, 4.69) is 26.1 Å². The molecule has 1 unspecified atom stereocenters. The highest BCUT2D eigenvalue weighted by Gasteiger charge is 2.22.